The van der Waals surface area contributed by atoms with Crippen LogP contribution in [0.3, 0.4) is 0 Å². The number of piperazine rings is 1. The largest absolute Gasteiger partial charge is 0.491 e. The third-order valence-corrected chi connectivity index (χ3v) is 4.86. The number of hydrogen-bond acceptors (Lipinski definition) is 5. The Morgan fingerprint density at radius 1 is 1.07 bits per heavy atom. The van der Waals surface area contributed by atoms with Gasteiger partial charge in [0.25, 0.3) is 5.91 Å². The van der Waals surface area contributed by atoms with Gasteiger partial charge in [0.15, 0.2) is 0 Å². The van der Waals surface area contributed by atoms with E-state index >= 15 is 0 Å². The zero-order chi connectivity index (χ0) is 18.8. The molecule has 0 atom stereocenters. The van der Waals surface area contributed by atoms with Gasteiger partial charge in [-0.1, -0.05) is 6.07 Å². The molecule has 27 heavy (non-hydrogen) atoms. The molecular weight excluding hydrogens is 347 g/mol. The van der Waals surface area contributed by atoms with Crippen LogP contribution in [0.2, 0.25) is 0 Å². The second-order valence-electron chi connectivity index (χ2n) is 6.58. The number of nitrogens with zero attached hydrogens (tertiary/aromatic N) is 2. The SMILES string of the molecule is O=CN1CCN(C(=O)c2ccc(Oc3ccc4c(c3)COB4O)cc2)CC1. The zero-order valence-corrected chi connectivity index (χ0v) is 14.7. The first-order chi connectivity index (χ1) is 13.1. The van der Waals surface area contributed by atoms with Crippen LogP contribution in [0.1, 0.15) is 15.9 Å². The smallest absolute Gasteiger partial charge is 0.457 e. The van der Waals surface area contributed by atoms with Crippen LogP contribution in [0.5, 0.6) is 11.5 Å². The van der Waals surface area contributed by atoms with Gasteiger partial charge in [0, 0.05) is 31.7 Å². The first kappa shape index (κ1) is 17.6. The molecule has 0 radical (unpaired) electrons. The van der Waals surface area contributed by atoms with Gasteiger partial charge in [-0.25, -0.2) is 0 Å². The topological polar surface area (TPSA) is 79.3 Å². The first-order valence-electron chi connectivity index (χ1n) is 8.83. The molecule has 0 bridgehead atoms. The summed E-state index contributed by atoms with van der Waals surface area (Å²) in [5.74, 6) is 1.23. The van der Waals surface area contributed by atoms with Crippen LogP contribution in [-0.4, -0.2) is 60.4 Å². The number of hydrogen-bond donors (Lipinski definition) is 1. The molecule has 0 unspecified atom stereocenters. The lowest BCUT2D eigenvalue weighted by molar-refractivity contribution is -0.119. The van der Waals surface area contributed by atoms with Crippen LogP contribution in [0.25, 0.3) is 0 Å². The van der Waals surface area contributed by atoms with Crippen molar-refractivity contribution < 1.29 is 24.0 Å². The zero-order valence-electron chi connectivity index (χ0n) is 14.7. The van der Waals surface area contributed by atoms with E-state index in [1.807, 2.05) is 6.07 Å². The summed E-state index contributed by atoms with van der Waals surface area (Å²) in [4.78, 5) is 26.7. The number of carbonyl (C=O) groups is 2. The van der Waals surface area contributed by atoms with Crippen LogP contribution >= 0.6 is 0 Å². The van der Waals surface area contributed by atoms with Crippen LogP contribution < -0.4 is 10.2 Å². The van der Waals surface area contributed by atoms with Gasteiger partial charge in [-0.2, -0.15) is 0 Å². The van der Waals surface area contributed by atoms with Crippen molar-refractivity contribution in [2.75, 3.05) is 26.2 Å². The van der Waals surface area contributed by atoms with Crippen LogP contribution in [0.15, 0.2) is 42.5 Å². The highest BCUT2D eigenvalue weighted by Crippen LogP contribution is 2.24. The summed E-state index contributed by atoms with van der Waals surface area (Å²) in [6.45, 7) is 2.57. The summed E-state index contributed by atoms with van der Waals surface area (Å²) >= 11 is 0. The Hall–Kier alpha value is -2.84. The third kappa shape index (κ3) is 3.67. The molecule has 0 aromatic heterocycles. The van der Waals surface area contributed by atoms with E-state index in [2.05, 4.69) is 0 Å². The molecule has 2 aromatic carbocycles. The van der Waals surface area contributed by atoms with Gasteiger partial charge >= 0.3 is 7.12 Å². The average molecular weight is 366 g/mol. The summed E-state index contributed by atoms with van der Waals surface area (Å²) in [6.07, 6.45) is 0.819. The minimum Gasteiger partial charge on any atom is -0.457 e. The minimum atomic E-state index is -0.868. The lowest BCUT2D eigenvalue weighted by Crippen LogP contribution is -2.48. The summed E-state index contributed by atoms with van der Waals surface area (Å²) in [5, 5.41) is 9.66. The van der Waals surface area contributed by atoms with Crippen LogP contribution in [0.4, 0.5) is 0 Å². The number of fused-ring (bicyclic) bond motifs is 1. The molecule has 8 heteroatoms. The minimum absolute atomic E-state index is 0.0456. The Labute approximate surface area is 157 Å². The molecule has 0 spiro atoms. The second-order valence-corrected chi connectivity index (χ2v) is 6.58. The van der Waals surface area contributed by atoms with Crippen molar-refractivity contribution in [2.24, 2.45) is 0 Å². The van der Waals surface area contributed by atoms with E-state index in [1.165, 1.54) is 0 Å². The van der Waals surface area contributed by atoms with E-state index < -0.39 is 7.12 Å². The normalized spacial score (nSPS) is 16.3. The molecule has 0 aliphatic carbocycles. The molecule has 4 rings (SSSR count). The maximum atomic E-state index is 12.6. The van der Waals surface area contributed by atoms with Crippen molar-refractivity contribution in [1.82, 2.24) is 9.80 Å². The highest BCUT2D eigenvalue weighted by Gasteiger charge is 2.27. The van der Waals surface area contributed by atoms with E-state index in [4.69, 9.17) is 9.39 Å². The van der Waals surface area contributed by atoms with Gasteiger partial charge in [0.05, 0.1) is 6.61 Å². The predicted molar refractivity (Wildman–Crippen MR) is 98.9 cm³/mol. The van der Waals surface area contributed by atoms with Crippen molar-refractivity contribution >= 4 is 24.9 Å². The fraction of sp³-hybridized carbons (Fsp3) is 0.263. The number of ether oxygens (including phenoxy) is 1. The number of carbonyl (C=O) groups excluding carboxylic acids is 2. The maximum absolute atomic E-state index is 12.6. The third-order valence-electron chi connectivity index (χ3n) is 4.86. The Kier molecular flexibility index (Phi) is 4.83. The Bertz CT molecular complexity index is 850. The molecule has 1 fully saturated rings. The molecule has 2 aromatic rings. The molecule has 1 saturated heterocycles. The maximum Gasteiger partial charge on any atom is 0.491 e. The highest BCUT2D eigenvalue weighted by atomic mass is 16.5. The Morgan fingerprint density at radius 2 is 1.78 bits per heavy atom. The van der Waals surface area contributed by atoms with Gasteiger partial charge < -0.3 is 24.2 Å². The molecule has 2 aliphatic heterocycles. The first-order valence-corrected chi connectivity index (χ1v) is 8.83. The van der Waals surface area contributed by atoms with Gasteiger partial charge in [-0.15, -0.1) is 0 Å². The van der Waals surface area contributed by atoms with Gasteiger partial charge in [0.1, 0.15) is 11.5 Å². The van der Waals surface area contributed by atoms with Crippen LogP contribution in [-0.2, 0) is 16.1 Å². The molecule has 2 amide bonds. The lowest BCUT2D eigenvalue weighted by Gasteiger charge is -2.32. The molecule has 7 nitrogen and oxygen atoms in total. The van der Waals surface area contributed by atoms with Crippen molar-refractivity contribution in [1.29, 1.82) is 0 Å². The monoisotopic (exact) mass is 366 g/mol. The molecule has 138 valence electrons. The van der Waals surface area contributed by atoms with E-state index in [1.54, 1.807) is 46.2 Å². The molecule has 2 aliphatic rings. The fourth-order valence-corrected chi connectivity index (χ4v) is 3.28. The number of rotatable bonds is 4. The quantitative estimate of drug-likeness (QED) is 0.634. The highest BCUT2D eigenvalue weighted by molar-refractivity contribution is 6.61. The summed E-state index contributed by atoms with van der Waals surface area (Å²) in [5.41, 5.74) is 2.26. The van der Waals surface area contributed by atoms with Gasteiger partial charge in [0.2, 0.25) is 6.41 Å². The van der Waals surface area contributed by atoms with Crippen molar-refractivity contribution in [2.45, 2.75) is 6.61 Å². The van der Waals surface area contributed by atoms with E-state index in [-0.39, 0.29) is 5.91 Å². The van der Waals surface area contributed by atoms with E-state index in [9.17, 15) is 14.6 Å². The molecule has 2 heterocycles. The fourth-order valence-electron chi connectivity index (χ4n) is 3.28. The van der Waals surface area contributed by atoms with Crippen LogP contribution in [0, 0.1) is 0 Å². The molecule has 0 saturated carbocycles. The second kappa shape index (κ2) is 7.42. The lowest BCUT2D eigenvalue weighted by atomic mass is 9.80. The van der Waals surface area contributed by atoms with E-state index in [0.717, 1.165) is 17.4 Å². The number of benzene rings is 2. The molecule has 1 N–H and O–H groups in total. The predicted octanol–water partition coefficient (Wildman–Crippen LogP) is 0.611. The Morgan fingerprint density at radius 3 is 2.48 bits per heavy atom. The summed E-state index contributed by atoms with van der Waals surface area (Å²) < 4.78 is 11.0. The number of amides is 2. The molecular formula is C19H19BN2O5. The Balaban J connectivity index is 1.40. The van der Waals surface area contributed by atoms with Gasteiger partial charge in [-0.05, 0) is 47.4 Å². The van der Waals surface area contributed by atoms with E-state index in [0.29, 0.717) is 49.8 Å². The summed E-state index contributed by atoms with van der Waals surface area (Å²) in [7, 11) is -0.868. The van der Waals surface area contributed by atoms with Crippen molar-refractivity contribution in [3.63, 3.8) is 0 Å². The summed E-state index contributed by atoms with van der Waals surface area (Å²) in [6, 6.07) is 12.4. The van der Waals surface area contributed by atoms with Crippen molar-refractivity contribution in [3.05, 3.63) is 53.6 Å². The standard InChI is InChI=1S/C19H19BN2O5/c23-13-21-7-9-22(10-8-21)19(24)14-1-3-16(4-2-14)27-17-5-6-18-15(11-17)12-26-20(18)25/h1-6,11,13,25H,7-10,12H2. The van der Waals surface area contributed by atoms with Gasteiger partial charge in [-0.3, -0.25) is 9.59 Å². The average Bonchev–Trinajstić information content (AvgIpc) is 3.08. The van der Waals surface area contributed by atoms with Crippen molar-refractivity contribution in [3.8, 4) is 11.5 Å².